The number of hydrogen-bond acceptors (Lipinski definition) is 2. The van der Waals surface area contributed by atoms with Gasteiger partial charge in [-0.05, 0) is 29.1 Å². The van der Waals surface area contributed by atoms with Crippen LogP contribution in [0.4, 0.5) is 0 Å². The Morgan fingerprint density at radius 1 is 1.06 bits per heavy atom. The van der Waals surface area contributed by atoms with Crippen LogP contribution in [0.25, 0.3) is 10.9 Å². The predicted octanol–water partition coefficient (Wildman–Crippen LogP) is 3.52. The topological polar surface area (TPSA) is 27.8 Å². The van der Waals surface area contributed by atoms with Gasteiger partial charge in [0.1, 0.15) is 0 Å². The maximum atomic E-state index is 3.48. The van der Waals surface area contributed by atoms with E-state index in [1.54, 1.807) is 11.3 Å². The predicted molar refractivity (Wildman–Crippen MR) is 73.2 cm³/mol. The molecule has 0 saturated heterocycles. The first-order chi connectivity index (χ1) is 8.43. The van der Waals surface area contributed by atoms with E-state index in [4.69, 9.17) is 0 Å². The summed E-state index contributed by atoms with van der Waals surface area (Å²) in [5.41, 5.74) is 2.56. The van der Waals surface area contributed by atoms with Crippen molar-refractivity contribution < 1.29 is 0 Å². The van der Waals surface area contributed by atoms with Crippen molar-refractivity contribution in [3.05, 3.63) is 58.4 Å². The molecule has 3 rings (SSSR count). The van der Waals surface area contributed by atoms with Gasteiger partial charge in [-0.15, -0.1) is 11.3 Å². The Balaban J connectivity index is 1.70. The lowest BCUT2D eigenvalue weighted by atomic mass is 10.1. The van der Waals surface area contributed by atoms with E-state index in [0.29, 0.717) is 0 Å². The maximum absolute atomic E-state index is 3.48. The van der Waals surface area contributed by atoms with Crippen molar-refractivity contribution in [3.63, 3.8) is 0 Å². The average molecular weight is 242 g/mol. The van der Waals surface area contributed by atoms with E-state index >= 15 is 0 Å². The Kier molecular flexibility index (Phi) is 2.94. The molecule has 0 bridgehead atoms. The molecule has 0 fully saturated rings. The summed E-state index contributed by atoms with van der Waals surface area (Å²) in [5.74, 6) is 0. The highest BCUT2D eigenvalue weighted by Gasteiger charge is 2.01. The van der Waals surface area contributed by atoms with E-state index in [0.717, 1.165) is 13.1 Å². The number of thiophene rings is 1. The van der Waals surface area contributed by atoms with Crippen LogP contribution < -0.4 is 5.32 Å². The van der Waals surface area contributed by atoms with Crippen molar-refractivity contribution in [2.45, 2.75) is 13.1 Å². The van der Waals surface area contributed by atoms with Crippen molar-refractivity contribution in [2.24, 2.45) is 0 Å². The van der Waals surface area contributed by atoms with Crippen LogP contribution in [0.2, 0.25) is 0 Å². The molecule has 0 aliphatic rings. The summed E-state index contributed by atoms with van der Waals surface area (Å²) in [6, 6.07) is 12.8. The molecule has 0 unspecified atom stereocenters. The Morgan fingerprint density at radius 3 is 2.94 bits per heavy atom. The van der Waals surface area contributed by atoms with Gasteiger partial charge in [0.2, 0.25) is 0 Å². The minimum absolute atomic E-state index is 0.910. The van der Waals surface area contributed by atoms with Crippen LogP contribution in [0, 0.1) is 0 Å². The molecule has 2 aromatic heterocycles. The van der Waals surface area contributed by atoms with E-state index in [-0.39, 0.29) is 0 Å². The van der Waals surface area contributed by atoms with E-state index in [9.17, 15) is 0 Å². The molecular weight excluding hydrogens is 228 g/mol. The Morgan fingerprint density at radius 2 is 2.06 bits per heavy atom. The SMILES string of the molecule is c1csc(CNCc2cccc3[nH]ccc23)c1. The highest BCUT2D eigenvalue weighted by Crippen LogP contribution is 2.17. The summed E-state index contributed by atoms with van der Waals surface area (Å²) in [5, 5.41) is 6.91. The lowest BCUT2D eigenvalue weighted by Crippen LogP contribution is -2.11. The van der Waals surface area contributed by atoms with Gasteiger partial charge >= 0.3 is 0 Å². The summed E-state index contributed by atoms with van der Waals surface area (Å²) in [7, 11) is 0. The van der Waals surface area contributed by atoms with Crippen molar-refractivity contribution >= 4 is 22.2 Å². The molecule has 86 valence electrons. The lowest BCUT2D eigenvalue weighted by molar-refractivity contribution is 0.704. The lowest BCUT2D eigenvalue weighted by Gasteiger charge is -2.05. The first kappa shape index (κ1) is 10.6. The molecular formula is C14H14N2S. The number of aromatic nitrogens is 1. The van der Waals surface area contributed by atoms with E-state index < -0.39 is 0 Å². The fourth-order valence-corrected chi connectivity index (χ4v) is 2.71. The van der Waals surface area contributed by atoms with E-state index in [1.165, 1.54) is 21.3 Å². The molecule has 2 heterocycles. The molecule has 0 radical (unpaired) electrons. The average Bonchev–Trinajstić information content (AvgIpc) is 2.99. The third-order valence-electron chi connectivity index (χ3n) is 2.88. The minimum atomic E-state index is 0.910. The molecule has 0 aliphatic heterocycles. The highest BCUT2D eigenvalue weighted by molar-refractivity contribution is 7.09. The van der Waals surface area contributed by atoms with Crippen molar-refractivity contribution in [1.82, 2.24) is 10.3 Å². The third-order valence-corrected chi connectivity index (χ3v) is 3.76. The fraction of sp³-hybridized carbons (Fsp3) is 0.143. The Hall–Kier alpha value is -1.58. The molecule has 0 amide bonds. The molecule has 2 nitrogen and oxygen atoms in total. The van der Waals surface area contributed by atoms with Gasteiger partial charge < -0.3 is 10.3 Å². The third kappa shape index (κ3) is 2.25. The Bertz CT molecular complexity index is 596. The number of nitrogens with one attached hydrogen (secondary N) is 2. The van der Waals surface area contributed by atoms with Gasteiger partial charge in [0.15, 0.2) is 0 Å². The number of rotatable bonds is 4. The van der Waals surface area contributed by atoms with Crippen LogP contribution in [0.3, 0.4) is 0 Å². The van der Waals surface area contributed by atoms with E-state index in [2.05, 4.69) is 52.1 Å². The second-order valence-corrected chi connectivity index (χ2v) is 5.07. The van der Waals surface area contributed by atoms with Crippen LogP contribution in [0.15, 0.2) is 48.0 Å². The largest absolute Gasteiger partial charge is 0.361 e. The Labute approximate surface area is 104 Å². The van der Waals surface area contributed by atoms with Gasteiger partial charge in [-0.3, -0.25) is 0 Å². The van der Waals surface area contributed by atoms with Crippen molar-refractivity contribution in [3.8, 4) is 0 Å². The van der Waals surface area contributed by atoms with Gasteiger partial charge in [0, 0.05) is 35.1 Å². The number of hydrogen-bond donors (Lipinski definition) is 2. The molecule has 0 saturated carbocycles. The number of benzene rings is 1. The zero-order chi connectivity index (χ0) is 11.5. The van der Waals surface area contributed by atoms with Crippen LogP contribution in [-0.2, 0) is 13.1 Å². The molecule has 3 aromatic rings. The first-order valence-corrected chi connectivity index (χ1v) is 6.59. The monoisotopic (exact) mass is 242 g/mol. The molecule has 1 aromatic carbocycles. The van der Waals surface area contributed by atoms with Gasteiger partial charge in [0.25, 0.3) is 0 Å². The second kappa shape index (κ2) is 4.73. The van der Waals surface area contributed by atoms with Gasteiger partial charge in [-0.25, -0.2) is 0 Å². The highest BCUT2D eigenvalue weighted by atomic mass is 32.1. The van der Waals surface area contributed by atoms with E-state index in [1.807, 2.05) is 6.20 Å². The summed E-state index contributed by atoms with van der Waals surface area (Å²) in [6.07, 6.45) is 1.99. The summed E-state index contributed by atoms with van der Waals surface area (Å²) >= 11 is 1.79. The van der Waals surface area contributed by atoms with Crippen LogP contribution in [0.5, 0.6) is 0 Å². The molecule has 0 spiro atoms. The van der Waals surface area contributed by atoms with Gasteiger partial charge in [0.05, 0.1) is 0 Å². The molecule has 0 aliphatic carbocycles. The quantitative estimate of drug-likeness (QED) is 0.720. The molecule has 2 N–H and O–H groups in total. The second-order valence-electron chi connectivity index (χ2n) is 4.04. The molecule has 17 heavy (non-hydrogen) atoms. The summed E-state index contributed by atoms with van der Waals surface area (Å²) in [6.45, 7) is 1.85. The standard InChI is InChI=1S/C14H14N2S/c1-3-11(13-6-7-16-14(13)5-1)9-15-10-12-4-2-8-17-12/h1-8,15-16H,9-10H2. The fourth-order valence-electron chi connectivity index (χ4n) is 2.04. The number of aromatic amines is 1. The minimum Gasteiger partial charge on any atom is -0.361 e. The van der Waals surface area contributed by atoms with Crippen LogP contribution in [-0.4, -0.2) is 4.98 Å². The van der Waals surface area contributed by atoms with Gasteiger partial charge in [-0.1, -0.05) is 18.2 Å². The number of fused-ring (bicyclic) bond motifs is 1. The van der Waals surface area contributed by atoms with Gasteiger partial charge in [-0.2, -0.15) is 0 Å². The summed E-state index contributed by atoms with van der Waals surface area (Å²) in [4.78, 5) is 4.62. The summed E-state index contributed by atoms with van der Waals surface area (Å²) < 4.78 is 0. The maximum Gasteiger partial charge on any atom is 0.0457 e. The van der Waals surface area contributed by atoms with Crippen LogP contribution >= 0.6 is 11.3 Å². The van der Waals surface area contributed by atoms with Crippen LogP contribution in [0.1, 0.15) is 10.4 Å². The zero-order valence-corrected chi connectivity index (χ0v) is 10.3. The number of H-pyrrole nitrogens is 1. The van der Waals surface area contributed by atoms with Crippen molar-refractivity contribution in [1.29, 1.82) is 0 Å². The zero-order valence-electron chi connectivity index (χ0n) is 9.44. The smallest absolute Gasteiger partial charge is 0.0457 e. The van der Waals surface area contributed by atoms with Crippen molar-refractivity contribution in [2.75, 3.05) is 0 Å². The first-order valence-electron chi connectivity index (χ1n) is 5.71. The molecule has 0 atom stereocenters. The molecule has 3 heteroatoms. The normalized spacial score (nSPS) is 11.1.